The molecule has 0 aliphatic heterocycles. The molecule has 1 atom stereocenters. The Balaban J connectivity index is 2.09. The normalized spacial score (nSPS) is 12.4. The third-order valence-corrected chi connectivity index (χ3v) is 3.83. The monoisotopic (exact) mass is 288 g/mol. The van der Waals surface area contributed by atoms with Crippen molar-refractivity contribution in [3.05, 3.63) is 69.7 Å². The SMILES string of the molecule is Cc1cccc(CC(Cc2ccc(C)cc2Cl)NN)c1. The Kier molecular flexibility index (Phi) is 5.18. The number of benzene rings is 2. The predicted molar refractivity (Wildman–Crippen MR) is 85.9 cm³/mol. The van der Waals surface area contributed by atoms with E-state index in [1.165, 1.54) is 16.7 Å². The Morgan fingerprint density at radius 2 is 1.80 bits per heavy atom. The molecule has 0 saturated heterocycles. The predicted octanol–water partition coefficient (Wildman–Crippen LogP) is 3.57. The van der Waals surface area contributed by atoms with Gasteiger partial charge in [0.15, 0.2) is 0 Å². The van der Waals surface area contributed by atoms with Crippen LogP contribution < -0.4 is 11.3 Å². The van der Waals surface area contributed by atoms with E-state index in [0.717, 1.165) is 23.4 Å². The number of hydrazine groups is 1. The third kappa shape index (κ3) is 4.07. The first-order valence-electron chi connectivity index (χ1n) is 6.85. The van der Waals surface area contributed by atoms with Gasteiger partial charge in [0.25, 0.3) is 0 Å². The van der Waals surface area contributed by atoms with Gasteiger partial charge < -0.3 is 0 Å². The first-order chi connectivity index (χ1) is 9.58. The zero-order valence-corrected chi connectivity index (χ0v) is 12.7. The van der Waals surface area contributed by atoms with Crippen molar-refractivity contribution in [1.82, 2.24) is 5.43 Å². The van der Waals surface area contributed by atoms with E-state index in [1.807, 2.05) is 13.0 Å². The van der Waals surface area contributed by atoms with Crippen LogP contribution in [-0.4, -0.2) is 6.04 Å². The van der Waals surface area contributed by atoms with Crippen LogP contribution in [-0.2, 0) is 12.8 Å². The van der Waals surface area contributed by atoms with Gasteiger partial charge in [-0.25, -0.2) is 0 Å². The summed E-state index contributed by atoms with van der Waals surface area (Å²) in [7, 11) is 0. The highest BCUT2D eigenvalue weighted by Crippen LogP contribution is 2.20. The lowest BCUT2D eigenvalue weighted by Gasteiger charge is -2.17. The Morgan fingerprint density at radius 1 is 1.05 bits per heavy atom. The van der Waals surface area contributed by atoms with Crippen LogP contribution >= 0.6 is 11.6 Å². The molecule has 0 amide bonds. The number of aryl methyl sites for hydroxylation is 2. The van der Waals surface area contributed by atoms with Crippen LogP contribution in [0.5, 0.6) is 0 Å². The van der Waals surface area contributed by atoms with E-state index in [0.29, 0.717) is 0 Å². The maximum absolute atomic E-state index is 6.29. The number of hydrogen-bond donors (Lipinski definition) is 2. The number of nitrogens with one attached hydrogen (secondary N) is 1. The van der Waals surface area contributed by atoms with Crippen LogP contribution in [0.25, 0.3) is 0 Å². The summed E-state index contributed by atoms with van der Waals surface area (Å²) < 4.78 is 0. The van der Waals surface area contributed by atoms with Gasteiger partial charge in [0, 0.05) is 11.1 Å². The highest BCUT2D eigenvalue weighted by molar-refractivity contribution is 6.31. The third-order valence-electron chi connectivity index (χ3n) is 3.48. The summed E-state index contributed by atoms with van der Waals surface area (Å²) in [5.41, 5.74) is 7.77. The maximum Gasteiger partial charge on any atom is 0.0441 e. The van der Waals surface area contributed by atoms with Crippen molar-refractivity contribution >= 4 is 11.6 Å². The van der Waals surface area contributed by atoms with Crippen LogP contribution in [0.4, 0.5) is 0 Å². The number of halogens is 1. The van der Waals surface area contributed by atoms with Gasteiger partial charge in [0.2, 0.25) is 0 Å². The molecular weight excluding hydrogens is 268 g/mol. The molecule has 2 aromatic carbocycles. The van der Waals surface area contributed by atoms with Crippen LogP contribution in [0.3, 0.4) is 0 Å². The van der Waals surface area contributed by atoms with E-state index in [-0.39, 0.29) is 6.04 Å². The molecule has 0 fully saturated rings. The van der Waals surface area contributed by atoms with Crippen molar-refractivity contribution in [2.75, 3.05) is 0 Å². The van der Waals surface area contributed by atoms with Crippen molar-refractivity contribution in [2.24, 2.45) is 5.84 Å². The van der Waals surface area contributed by atoms with Crippen LogP contribution in [0.2, 0.25) is 5.02 Å². The summed E-state index contributed by atoms with van der Waals surface area (Å²) >= 11 is 6.29. The second-order valence-corrected chi connectivity index (χ2v) is 5.76. The van der Waals surface area contributed by atoms with Crippen molar-refractivity contribution < 1.29 is 0 Å². The van der Waals surface area contributed by atoms with Crippen LogP contribution in [0.15, 0.2) is 42.5 Å². The number of rotatable bonds is 5. The molecule has 0 saturated carbocycles. The Hall–Kier alpha value is -1.35. The van der Waals surface area contributed by atoms with E-state index < -0.39 is 0 Å². The fourth-order valence-electron chi connectivity index (χ4n) is 2.40. The molecule has 20 heavy (non-hydrogen) atoms. The maximum atomic E-state index is 6.29. The van der Waals surface area contributed by atoms with Gasteiger partial charge in [-0.05, 0) is 49.4 Å². The molecule has 3 heteroatoms. The first kappa shape index (κ1) is 15.0. The van der Waals surface area contributed by atoms with E-state index in [2.05, 4.69) is 48.7 Å². The van der Waals surface area contributed by atoms with Crippen LogP contribution in [0, 0.1) is 13.8 Å². The topological polar surface area (TPSA) is 38.0 Å². The summed E-state index contributed by atoms with van der Waals surface area (Å²) in [6, 6.07) is 14.9. The smallest absolute Gasteiger partial charge is 0.0441 e. The summed E-state index contributed by atoms with van der Waals surface area (Å²) in [6.45, 7) is 4.15. The first-order valence-corrected chi connectivity index (χ1v) is 7.23. The van der Waals surface area contributed by atoms with Crippen molar-refractivity contribution in [3.8, 4) is 0 Å². The second kappa shape index (κ2) is 6.89. The minimum atomic E-state index is 0.178. The average Bonchev–Trinajstić information content (AvgIpc) is 2.41. The zero-order valence-electron chi connectivity index (χ0n) is 12.0. The average molecular weight is 289 g/mol. The molecule has 0 aliphatic rings. The van der Waals surface area contributed by atoms with Gasteiger partial charge in [0.1, 0.15) is 0 Å². The quantitative estimate of drug-likeness (QED) is 0.652. The van der Waals surface area contributed by atoms with Crippen molar-refractivity contribution in [1.29, 1.82) is 0 Å². The van der Waals surface area contributed by atoms with E-state index >= 15 is 0 Å². The molecule has 3 N–H and O–H groups in total. The minimum Gasteiger partial charge on any atom is -0.271 e. The largest absolute Gasteiger partial charge is 0.271 e. The fraction of sp³-hybridized carbons (Fsp3) is 0.294. The molecule has 106 valence electrons. The molecule has 0 radical (unpaired) electrons. The van der Waals surface area contributed by atoms with Gasteiger partial charge in [-0.2, -0.15) is 0 Å². The van der Waals surface area contributed by atoms with E-state index in [1.54, 1.807) is 0 Å². The van der Waals surface area contributed by atoms with Gasteiger partial charge in [0.05, 0.1) is 0 Å². The second-order valence-electron chi connectivity index (χ2n) is 5.36. The van der Waals surface area contributed by atoms with Gasteiger partial charge in [-0.15, -0.1) is 0 Å². The molecule has 2 nitrogen and oxygen atoms in total. The number of nitrogens with two attached hydrogens (primary N) is 1. The number of hydrogen-bond acceptors (Lipinski definition) is 2. The lowest BCUT2D eigenvalue weighted by molar-refractivity contribution is 0.522. The van der Waals surface area contributed by atoms with Crippen molar-refractivity contribution in [3.63, 3.8) is 0 Å². The lowest BCUT2D eigenvalue weighted by Crippen LogP contribution is -2.38. The summed E-state index contributed by atoms with van der Waals surface area (Å²) in [5.74, 6) is 5.69. The molecule has 2 aromatic rings. The summed E-state index contributed by atoms with van der Waals surface area (Å²) in [6.07, 6.45) is 1.71. The van der Waals surface area contributed by atoms with Gasteiger partial charge in [-0.3, -0.25) is 11.3 Å². The Labute approximate surface area is 125 Å². The molecule has 2 rings (SSSR count). The van der Waals surface area contributed by atoms with Crippen molar-refractivity contribution in [2.45, 2.75) is 32.7 Å². The lowest BCUT2D eigenvalue weighted by atomic mass is 9.98. The van der Waals surface area contributed by atoms with Gasteiger partial charge in [-0.1, -0.05) is 53.6 Å². The zero-order chi connectivity index (χ0) is 14.5. The molecule has 0 bridgehead atoms. The molecule has 0 aromatic heterocycles. The molecule has 0 aliphatic carbocycles. The fourth-order valence-corrected chi connectivity index (χ4v) is 2.71. The van der Waals surface area contributed by atoms with E-state index in [4.69, 9.17) is 17.4 Å². The molecule has 1 unspecified atom stereocenters. The highest BCUT2D eigenvalue weighted by atomic mass is 35.5. The van der Waals surface area contributed by atoms with Crippen LogP contribution in [0.1, 0.15) is 22.3 Å². The molecule has 0 spiro atoms. The highest BCUT2D eigenvalue weighted by Gasteiger charge is 2.11. The minimum absolute atomic E-state index is 0.178. The Morgan fingerprint density at radius 3 is 2.45 bits per heavy atom. The van der Waals surface area contributed by atoms with E-state index in [9.17, 15) is 0 Å². The summed E-state index contributed by atoms with van der Waals surface area (Å²) in [4.78, 5) is 0. The Bertz CT molecular complexity index is 581. The standard InChI is InChI=1S/C17H21ClN2/c1-12-4-3-5-14(8-12)10-16(20-19)11-15-7-6-13(2)9-17(15)18/h3-9,16,20H,10-11,19H2,1-2H3. The van der Waals surface area contributed by atoms with Gasteiger partial charge >= 0.3 is 0 Å². The molecular formula is C17H21ClN2. The molecule has 0 heterocycles. The summed E-state index contributed by atoms with van der Waals surface area (Å²) in [5, 5.41) is 0.814.